The van der Waals surface area contributed by atoms with E-state index in [1.165, 1.54) is 0 Å². The molecule has 1 saturated heterocycles. The maximum Gasteiger partial charge on any atom is 0.379 e. The zero-order valence-electron chi connectivity index (χ0n) is 9.40. The van der Waals surface area contributed by atoms with Crippen molar-refractivity contribution in [1.29, 1.82) is 0 Å². The summed E-state index contributed by atoms with van der Waals surface area (Å²) in [5.41, 5.74) is 0. The number of aromatic nitrogens is 2. The molecule has 1 fully saturated rings. The summed E-state index contributed by atoms with van der Waals surface area (Å²) in [6, 6.07) is 0. The molecule has 0 spiro atoms. The Labute approximate surface area is 93.4 Å². The van der Waals surface area contributed by atoms with E-state index >= 15 is 0 Å². The Hall–Kier alpha value is -1.43. The third-order valence-corrected chi connectivity index (χ3v) is 2.73. The summed E-state index contributed by atoms with van der Waals surface area (Å²) in [6.45, 7) is 5.90. The smallest absolute Gasteiger partial charge is 0.379 e. The molecule has 88 valence electrons. The molecule has 2 rings (SSSR count). The van der Waals surface area contributed by atoms with Crippen LogP contribution in [-0.2, 0) is 4.74 Å². The molecule has 1 aromatic rings. The highest BCUT2D eigenvalue weighted by molar-refractivity contribution is 5.84. The molecule has 0 bridgehead atoms. The largest absolute Gasteiger partial charge is 0.460 e. The van der Waals surface area contributed by atoms with Crippen LogP contribution in [0.2, 0.25) is 0 Å². The van der Waals surface area contributed by atoms with Crippen molar-refractivity contribution < 1.29 is 14.1 Å². The van der Waals surface area contributed by atoms with E-state index in [0.29, 0.717) is 18.4 Å². The van der Waals surface area contributed by atoms with Crippen molar-refractivity contribution in [3.63, 3.8) is 0 Å². The van der Waals surface area contributed by atoms with Crippen molar-refractivity contribution in [3.8, 4) is 0 Å². The summed E-state index contributed by atoms with van der Waals surface area (Å²) >= 11 is 0. The van der Waals surface area contributed by atoms with Crippen molar-refractivity contribution in [2.45, 2.75) is 19.8 Å². The van der Waals surface area contributed by atoms with Gasteiger partial charge in [-0.2, -0.15) is 4.98 Å². The molecular weight excluding hydrogens is 210 g/mol. The van der Waals surface area contributed by atoms with E-state index in [4.69, 9.17) is 9.26 Å². The summed E-state index contributed by atoms with van der Waals surface area (Å²) in [4.78, 5) is 15.4. The lowest BCUT2D eigenvalue weighted by Gasteiger charge is -2.07. The van der Waals surface area contributed by atoms with Crippen molar-refractivity contribution >= 4 is 5.97 Å². The number of carbonyl (C=O) groups is 1. The van der Waals surface area contributed by atoms with Gasteiger partial charge in [-0.25, -0.2) is 4.79 Å². The second-order valence-corrected chi connectivity index (χ2v) is 3.92. The van der Waals surface area contributed by atoms with Crippen molar-refractivity contribution in [1.82, 2.24) is 15.5 Å². The summed E-state index contributed by atoms with van der Waals surface area (Å²) in [5, 5.41) is 6.87. The summed E-state index contributed by atoms with van der Waals surface area (Å²) in [5.74, 6) is 0.624. The highest BCUT2D eigenvalue weighted by Gasteiger charge is 2.30. The van der Waals surface area contributed by atoms with Gasteiger partial charge in [0.05, 0.1) is 12.5 Å². The number of hydrogen-bond donors (Lipinski definition) is 1. The predicted molar refractivity (Wildman–Crippen MR) is 55.0 cm³/mol. The third-order valence-electron chi connectivity index (χ3n) is 2.73. The van der Waals surface area contributed by atoms with Gasteiger partial charge in [-0.15, -0.1) is 0 Å². The van der Waals surface area contributed by atoms with Crippen LogP contribution < -0.4 is 5.32 Å². The Morgan fingerprint density at radius 2 is 2.44 bits per heavy atom. The molecule has 0 aliphatic carbocycles. The molecule has 1 aliphatic heterocycles. The highest BCUT2D eigenvalue weighted by atomic mass is 16.5. The second kappa shape index (κ2) is 4.61. The molecule has 1 N–H and O–H groups in total. The molecule has 1 aromatic heterocycles. The average Bonchev–Trinajstić information content (AvgIpc) is 2.86. The first kappa shape index (κ1) is 11.1. The Morgan fingerprint density at radius 3 is 3.06 bits per heavy atom. The molecule has 1 aliphatic rings. The fraction of sp³-hybridized carbons (Fsp3) is 0.700. The van der Waals surface area contributed by atoms with Crippen LogP contribution in [0.1, 0.15) is 36.3 Å². The summed E-state index contributed by atoms with van der Waals surface area (Å²) in [7, 11) is 0. The van der Waals surface area contributed by atoms with Crippen LogP contribution in [0.15, 0.2) is 4.52 Å². The molecule has 6 nitrogen and oxygen atoms in total. The topological polar surface area (TPSA) is 77.2 Å². The van der Waals surface area contributed by atoms with Gasteiger partial charge in [-0.05, 0) is 24.5 Å². The van der Waals surface area contributed by atoms with Crippen LogP contribution in [0.4, 0.5) is 0 Å². The lowest BCUT2D eigenvalue weighted by molar-refractivity contribution is 0.0508. The number of ether oxygens (including phenoxy) is 1. The number of carbonyl (C=O) groups excluding carboxylic acids is 1. The molecule has 0 aromatic carbocycles. The van der Waals surface area contributed by atoms with Crippen LogP contribution in [0, 0.1) is 5.92 Å². The van der Waals surface area contributed by atoms with Crippen LogP contribution in [0.5, 0.6) is 0 Å². The quantitative estimate of drug-likeness (QED) is 0.758. The minimum absolute atomic E-state index is 0.0101. The van der Waals surface area contributed by atoms with Crippen molar-refractivity contribution in [2.24, 2.45) is 5.92 Å². The number of nitrogens with one attached hydrogen (secondary N) is 1. The van der Waals surface area contributed by atoms with Gasteiger partial charge in [0.15, 0.2) is 0 Å². The van der Waals surface area contributed by atoms with Gasteiger partial charge in [0.25, 0.3) is 5.82 Å². The highest BCUT2D eigenvalue weighted by Crippen LogP contribution is 2.26. The van der Waals surface area contributed by atoms with E-state index in [2.05, 4.69) is 22.4 Å². The summed E-state index contributed by atoms with van der Waals surface area (Å²) < 4.78 is 9.88. The lowest BCUT2D eigenvalue weighted by Crippen LogP contribution is -2.10. The molecule has 0 saturated carbocycles. The van der Waals surface area contributed by atoms with E-state index in [1.807, 2.05) is 0 Å². The molecule has 16 heavy (non-hydrogen) atoms. The molecule has 0 radical (unpaired) electrons. The van der Waals surface area contributed by atoms with Gasteiger partial charge in [-0.3, -0.25) is 0 Å². The number of esters is 1. The van der Waals surface area contributed by atoms with E-state index in [0.717, 1.165) is 13.1 Å². The Morgan fingerprint density at radius 1 is 1.62 bits per heavy atom. The minimum Gasteiger partial charge on any atom is -0.460 e. The van der Waals surface area contributed by atoms with Crippen LogP contribution in [0.25, 0.3) is 0 Å². The monoisotopic (exact) mass is 225 g/mol. The predicted octanol–water partition coefficient (Wildman–Crippen LogP) is 0.569. The average molecular weight is 225 g/mol. The number of rotatable bonds is 3. The first-order chi connectivity index (χ1) is 7.72. The van der Waals surface area contributed by atoms with E-state index in [-0.39, 0.29) is 11.7 Å². The standard InChI is InChI=1S/C10H15N3O3/c1-3-15-10(14)8-12-9(16-13-8)7-5-11-4-6(7)2/h6-7,11H,3-5H2,1-2H3/t6-,7-/m1/s1. The minimum atomic E-state index is -0.531. The zero-order chi connectivity index (χ0) is 11.5. The Kier molecular flexibility index (Phi) is 3.19. The molecule has 0 amide bonds. The molecule has 6 heteroatoms. The van der Waals surface area contributed by atoms with Crippen molar-refractivity contribution in [3.05, 3.63) is 11.7 Å². The van der Waals surface area contributed by atoms with Crippen LogP contribution in [-0.4, -0.2) is 35.8 Å². The lowest BCUT2D eigenvalue weighted by atomic mass is 9.98. The SMILES string of the molecule is CCOC(=O)c1noc([C@@H]2CNC[C@H]2C)n1. The fourth-order valence-corrected chi connectivity index (χ4v) is 1.81. The zero-order valence-corrected chi connectivity index (χ0v) is 9.40. The van der Waals surface area contributed by atoms with Crippen molar-refractivity contribution in [2.75, 3.05) is 19.7 Å². The molecule has 0 unspecified atom stereocenters. The van der Waals surface area contributed by atoms with Crippen LogP contribution in [0.3, 0.4) is 0 Å². The van der Waals surface area contributed by atoms with Gasteiger partial charge in [0, 0.05) is 6.54 Å². The van der Waals surface area contributed by atoms with Gasteiger partial charge in [-0.1, -0.05) is 6.92 Å². The second-order valence-electron chi connectivity index (χ2n) is 3.92. The first-order valence-electron chi connectivity index (χ1n) is 5.43. The molecule has 2 atom stereocenters. The molecule has 2 heterocycles. The van der Waals surface area contributed by atoms with Gasteiger partial charge >= 0.3 is 5.97 Å². The maximum atomic E-state index is 11.3. The Bertz CT molecular complexity index is 377. The van der Waals surface area contributed by atoms with Gasteiger partial charge in [0.1, 0.15) is 0 Å². The Balaban J connectivity index is 2.10. The van der Waals surface area contributed by atoms with Gasteiger partial charge in [0.2, 0.25) is 5.89 Å². The van der Waals surface area contributed by atoms with E-state index < -0.39 is 5.97 Å². The normalized spacial score (nSPS) is 24.6. The van der Waals surface area contributed by atoms with E-state index in [9.17, 15) is 4.79 Å². The van der Waals surface area contributed by atoms with E-state index in [1.54, 1.807) is 6.92 Å². The fourth-order valence-electron chi connectivity index (χ4n) is 1.81. The first-order valence-corrected chi connectivity index (χ1v) is 5.43. The van der Waals surface area contributed by atoms with Gasteiger partial charge < -0.3 is 14.6 Å². The molecular formula is C10H15N3O3. The van der Waals surface area contributed by atoms with Crippen LogP contribution >= 0.6 is 0 Å². The maximum absolute atomic E-state index is 11.3. The number of nitrogens with zero attached hydrogens (tertiary/aromatic N) is 2. The number of hydrogen-bond acceptors (Lipinski definition) is 6. The summed E-state index contributed by atoms with van der Waals surface area (Å²) in [6.07, 6.45) is 0. The third kappa shape index (κ3) is 2.06.